The number of rotatable bonds is 9. The summed E-state index contributed by atoms with van der Waals surface area (Å²) in [6.45, 7) is 0. The first-order valence-electron chi connectivity index (χ1n) is 11.5. The number of pyridine rings is 1. The van der Waals surface area contributed by atoms with Crippen molar-refractivity contribution in [3.63, 3.8) is 0 Å². The number of nitrogens with one attached hydrogen (secondary N) is 3. The molecule has 0 atom stereocenters. The number of amides is 3. The normalized spacial score (nSPS) is 10.9. The standard InChI is InChI=1S/C29H23ClN4O3S/c30-22-14-15-26(31-18-22)34-27(35)19-38-24-13-7-12-23(17-24)32-29(37)25(16-20-8-3-1-4-9-20)33-28(36)21-10-5-2-6-11-21/h1-18H,19H2,(H,32,37)(H,33,36)(H,31,34,35)/b25-16-. The molecule has 7 nitrogen and oxygen atoms in total. The van der Waals surface area contributed by atoms with Crippen molar-refractivity contribution in [2.75, 3.05) is 16.4 Å². The molecule has 0 saturated heterocycles. The molecule has 0 aliphatic heterocycles. The van der Waals surface area contributed by atoms with Crippen LogP contribution < -0.4 is 16.0 Å². The van der Waals surface area contributed by atoms with Gasteiger partial charge in [0, 0.05) is 22.3 Å². The third-order valence-electron chi connectivity index (χ3n) is 5.10. The molecule has 0 fully saturated rings. The Hall–Kier alpha value is -4.40. The minimum Gasteiger partial charge on any atom is -0.321 e. The van der Waals surface area contributed by atoms with Crippen LogP contribution in [0.25, 0.3) is 6.08 Å². The lowest BCUT2D eigenvalue weighted by Crippen LogP contribution is -2.30. The van der Waals surface area contributed by atoms with E-state index in [1.54, 1.807) is 60.7 Å². The number of hydrogen-bond donors (Lipinski definition) is 3. The van der Waals surface area contributed by atoms with Gasteiger partial charge in [-0.25, -0.2) is 4.98 Å². The molecule has 190 valence electrons. The Balaban J connectivity index is 1.42. The number of halogens is 1. The topological polar surface area (TPSA) is 100 Å². The van der Waals surface area contributed by atoms with Gasteiger partial charge in [0.15, 0.2) is 0 Å². The van der Waals surface area contributed by atoms with Crippen LogP contribution in [-0.2, 0) is 9.59 Å². The molecule has 3 amide bonds. The van der Waals surface area contributed by atoms with Gasteiger partial charge in [0.25, 0.3) is 11.8 Å². The van der Waals surface area contributed by atoms with Crippen molar-refractivity contribution in [2.45, 2.75) is 4.90 Å². The predicted octanol–water partition coefficient (Wildman–Crippen LogP) is 5.88. The van der Waals surface area contributed by atoms with Gasteiger partial charge in [0.05, 0.1) is 10.8 Å². The Bertz CT molecular complexity index is 1450. The molecule has 38 heavy (non-hydrogen) atoms. The lowest BCUT2D eigenvalue weighted by Gasteiger charge is -2.12. The molecule has 0 bridgehead atoms. The Morgan fingerprint density at radius 3 is 2.29 bits per heavy atom. The Morgan fingerprint density at radius 2 is 1.58 bits per heavy atom. The maximum absolute atomic E-state index is 13.2. The number of carbonyl (C=O) groups excluding carboxylic acids is 3. The van der Waals surface area contributed by atoms with Gasteiger partial charge >= 0.3 is 0 Å². The summed E-state index contributed by atoms with van der Waals surface area (Å²) in [5.74, 6) is -0.541. The second-order valence-electron chi connectivity index (χ2n) is 7.97. The van der Waals surface area contributed by atoms with E-state index in [-0.39, 0.29) is 17.4 Å². The van der Waals surface area contributed by atoms with Crippen molar-refractivity contribution in [2.24, 2.45) is 0 Å². The van der Waals surface area contributed by atoms with Gasteiger partial charge in [-0.15, -0.1) is 11.8 Å². The fourth-order valence-electron chi connectivity index (χ4n) is 3.30. The van der Waals surface area contributed by atoms with Gasteiger partial charge in [-0.1, -0.05) is 66.2 Å². The van der Waals surface area contributed by atoms with Crippen LogP contribution in [0, 0.1) is 0 Å². The Labute approximate surface area is 229 Å². The van der Waals surface area contributed by atoms with E-state index < -0.39 is 11.8 Å². The summed E-state index contributed by atoms with van der Waals surface area (Å²) in [7, 11) is 0. The SMILES string of the molecule is O=C(CSc1cccc(NC(=O)/C(=C/c2ccccc2)NC(=O)c2ccccc2)c1)Nc1ccc(Cl)cn1. The first kappa shape index (κ1) is 26.7. The van der Waals surface area contributed by atoms with Crippen LogP contribution in [0.15, 0.2) is 114 Å². The highest BCUT2D eigenvalue weighted by Crippen LogP contribution is 2.22. The first-order valence-corrected chi connectivity index (χ1v) is 12.9. The highest BCUT2D eigenvalue weighted by atomic mass is 35.5. The fourth-order valence-corrected chi connectivity index (χ4v) is 4.16. The largest absolute Gasteiger partial charge is 0.321 e. The van der Waals surface area contributed by atoms with Gasteiger partial charge in [-0.3, -0.25) is 14.4 Å². The number of benzene rings is 3. The molecule has 0 unspecified atom stereocenters. The minimum absolute atomic E-state index is 0.0953. The van der Waals surface area contributed by atoms with E-state index >= 15 is 0 Å². The summed E-state index contributed by atoms with van der Waals surface area (Å²) in [6, 6.07) is 28.3. The zero-order valence-electron chi connectivity index (χ0n) is 20.1. The van der Waals surface area contributed by atoms with Crippen molar-refractivity contribution >= 4 is 58.7 Å². The van der Waals surface area contributed by atoms with E-state index in [1.165, 1.54) is 18.0 Å². The van der Waals surface area contributed by atoms with Gasteiger partial charge < -0.3 is 16.0 Å². The second-order valence-corrected chi connectivity index (χ2v) is 9.45. The molecule has 9 heteroatoms. The third kappa shape index (κ3) is 8.06. The Morgan fingerprint density at radius 1 is 0.842 bits per heavy atom. The zero-order chi connectivity index (χ0) is 26.7. The van der Waals surface area contributed by atoms with Crippen LogP contribution in [-0.4, -0.2) is 28.5 Å². The molecule has 1 heterocycles. The van der Waals surface area contributed by atoms with Crippen LogP contribution in [0.5, 0.6) is 0 Å². The van der Waals surface area contributed by atoms with Crippen molar-refractivity contribution in [3.8, 4) is 0 Å². The molecule has 3 N–H and O–H groups in total. The molecule has 0 saturated carbocycles. The maximum atomic E-state index is 13.2. The molecule has 0 aliphatic rings. The summed E-state index contributed by atoms with van der Waals surface area (Å²) < 4.78 is 0. The van der Waals surface area contributed by atoms with E-state index in [2.05, 4.69) is 20.9 Å². The van der Waals surface area contributed by atoms with Gasteiger partial charge in [0.2, 0.25) is 5.91 Å². The summed E-state index contributed by atoms with van der Waals surface area (Å²) in [6.07, 6.45) is 3.07. The van der Waals surface area contributed by atoms with Crippen LogP contribution in [0.4, 0.5) is 11.5 Å². The number of hydrogen-bond acceptors (Lipinski definition) is 5. The predicted molar refractivity (Wildman–Crippen MR) is 152 cm³/mol. The van der Waals surface area contributed by atoms with Crippen LogP contribution in [0.3, 0.4) is 0 Å². The molecule has 1 aromatic heterocycles. The molecule has 3 aromatic carbocycles. The van der Waals surface area contributed by atoms with Crippen LogP contribution in [0.2, 0.25) is 5.02 Å². The average Bonchev–Trinajstić information content (AvgIpc) is 2.94. The third-order valence-corrected chi connectivity index (χ3v) is 6.31. The van der Waals surface area contributed by atoms with E-state index in [9.17, 15) is 14.4 Å². The molecular weight excluding hydrogens is 520 g/mol. The van der Waals surface area contributed by atoms with Gasteiger partial charge in [-0.2, -0.15) is 0 Å². The summed E-state index contributed by atoms with van der Waals surface area (Å²) in [5.41, 5.74) is 1.81. The number of aromatic nitrogens is 1. The highest BCUT2D eigenvalue weighted by Gasteiger charge is 2.15. The lowest BCUT2D eigenvalue weighted by atomic mass is 10.1. The monoisotopic (exact) mass is 542 g/mol. The van der Waals surface area contributed by atoms with E-state index in [0.29, 0.717) is 22.1 Å². The van der Waals surface area contributed by atoms with Crippen molar-refractivity contribution in [3.05, 3.63) is 125 Å². The summed E-state index contributed by atoms with van der Waals surface area (Å²) in [4.78, 5) is 43.1. The van der Waals surface area contributed by atoms with Gasteiger partial charge in [-0.05, 0) is 54.1 Å². The zero-order valence-corrected chi connectivity index (χ0v) is 21.6. The van der Waals surface area contributed by atoms with E-state index in [1.807, 2.05) is 42.5 Å². The maximum Gasteiger partial charge on any atom is 0.272 e. The number of carbonyl (C=O) groups is 3. The van der Waals surface area contributed by atoms with Crippen LogP contribution >= 0.6 is 23.4 Å². The van der Waals surface area contributed by atoms with Gasteiger partial charge in [0.1, 0.15) is 11.5 Å². The van der Waals surface area contributed by atoms with Crippen molar-refractivity contribution < 1.29 is 14.4 Å². The molecule has 0 radical (unpaired) electrons. The molecular formula is C29H23ClN4O3S. The lowest BCUT2D eigenvalue weighted by molar-refractivity contribution is -0.114. The quantitative estimate of drug-likeness (QED) is 0.181. The average molecular weight is 543 g/mol. The number of thioether (sulfide) groups is 1. The summed E-state index contributed by atoms with van der Waals surface area (Å²) >= 11 is 7.13. The highest BCUT2D eigenvalue weighted by molar-refractivity contribution is 8.00. The number of anilines is 2. The molecule has 4 aromatic rings. The van der Waals surface area contributed by atoms with Crippen molar-refractivity contribution in [1.29, 1.82) is 0 Å². The minimum atomic E-state index is -0.480. The molecule has 0 spiro atoms. The fraction of sp³-hybridized carbons (Fsp3) is 0.0345. The van der Waals surface area contributed by atoms with Crippen molar-refractivity contribution in [1.82, 2.24) is 10.3 Å². The van der Waals surface area contributed by atoms with E-state index in [0.717, 1.165) is 10.5 Å². The van der Waals surface area contributed by atoms with E-state index in [4.69, 9.17) is 11.6 Å². The first-order chi connectivity index (χ1) is 18.5. The van der Waals surface area contributed by atoms with Crippen LogP contribution in [0.1, 0.15) is 15.9 Å². The second kappa shape index (κ2) is 13.2. The number of nitrogens with zero attached hydrogens (tertiary/aromatic N) is 1. The summed E-state index contributed by atoms with van der Waals surface area (Å²) in [5, 5.41) is 8.75. The molecule has 0 aliphatic carbocycles. The molecule has 4 rings (SSSR count). The Kier molecular flexibility index (Phi) is 9.28. The smallest absolute Gasteiger partial charge is 0.272 e.